The largest absolute Gasteiger partial charge is 0.328 e. The van der Waals surface area contributed by atoms with Crippen LogP contribution in [0.1, 0.15) is 42.4 Å². The van der Waals surface area contributed by atoms with Crippen LogP contribution in [0.2, 0.25) is 0 Å². The zero-order valence-corrected chi connectivity index (χ0v) is 14.3. The highest BCUT2D eigenvalue weighted by Crippen LogP contribution is 2.28. The van der Waals surface area contributed by atoms with E-state index in [0.29, 0.717) is 0 Å². The summed E-state index contributed by atoms with van der Waals surface area (Å²) in [5.74, 6) is 0. The molecule has 0 aromatic carbocycles. The third-order valence-electron chi connectivity index (χ3n) is 3.77. The highest BCUT2D eigenvalue weighted by molar-refractivity contribution is 7.71. The predicted molar refractivity (Wildman–Crippen MR) is 88.6 cm³/mol. The Bertz CT molecular complexity index is 835. The lowest BCUT2D eigenvalue weighted by Crippen LogP contribution is -2.09. The second-order valence-electron chi connectivity index (χ2n) is 5.12. The van der Waals surface area contributed by atoms with Gasteiger partial charge in [0.25, 0.3) is 0 Å². The van der Waals surface area contributed by atoms with Crippen LogP contribution in [0.5, 0.6) is 0 Å². The number of aryl methyl sites for hydroxylation is 3. The first-order valence-corrected chi connectivity index (χ1v) is 8.39. The van der Waals surface area contributed by atoms with Gasteiger partial charge in [0.2, 0.25) is 0 Å². The van der Waals surface area contributed by atoms with E-state index in [1.54, 1.807) is 11.3 Å². The highest BCUT2D eigenvalue weighted by atomic mass is 32.1. The van der Waals surface area contributed by atoms with Crippen LogP contribution >= 0.6 is 23.6 Å². The summed E-state index contributed by atoms with van der Waals surface area (Å²) in [6, 6.07) is 0.108. The predicted octanol–water partition coefficient (Wildman–Crippen LogP) is 3.62. The fourth-order valence-corrected chi connectivity index (χ4v) is 3.88. The van der Waals surface area contributed by atoms with Crippen molar-refractivity contribution in [3.63, 3.8) is 0 Å². The van der Waals surface area contributed by atoms with Gasteiger partial charge in [0.1, 0.15) is 10.5 Å². The first kappa shape index (κ1) is 14.5. The molecule has 3 aromatic heterocycles. The van der Waals surface area contributed by atoms with E-state index in [1.807, 2.05) is 17.9 Å². The van der Waals surface area contributed by atoms with Gasteiger partial charge < -0.3 is 4.98 Å². The number of rotatable bonds is 4. The first-order valence-electron chi connectivity index (χ1n) is 7.17. The molecule has 0 aliphatic carbocycles. The molecule has 21 heavy (non-hydrogen) atoms. The Balaban J connectivity index is 2.17. The Morgan fingerprint density at radius 3 is 2.76 bits per heavy atom. The van der Waals surface area contributed by atoms with Crippen molar-refractivity contribution in [3.05, 3.63) is 26.5 Å². The van der Waals surface area contributed by atoms with Crippen LogP contribution in [0.3, 0.4) is 0 Å². The fraction of sp³-hybridized carbons (Fsp3) is 0.500. The topological polar surface area (TPSA) is 51.4 Å². The summed E-state index contributed by atoms with van der Waals surface area (Å²) in [6.45, 7) is 6.39. The smallest absolute Gasteiger partial charge is 0.179 e. The van der Waals surface area contributed by atoms with Crippen molar-refractivity contribution in [2.24, 2.45) is 7.05 Å². The van der Waals surface area contributed by atoms with Crippen molar-refractivity contribution in [2.75, 3.05) is 0 Å². The molecule has 7 heteroatoms. The van der Waals surface area contributed by atoms with Crippen LogP contribution in [0.4, 0.5) is 0 Å². The lowest BCUT2D eigenvalue weighted by Gasteiger charge is -2.11. The Hall–Kier alpha value is -1.47. The minimum absolute atomic E-state index is 0.108. The zero-order valence-electron chi connectivity index (χ0n) is 12.7. The summed E-state index contributed by atoms with van der Waals surface area (Å²) >= 11 is 7.28. The van der Waals surface area contributed by atoms with Gasteiger partial charge in [-0.15, -0.1) is 11.3 Å². The Labute approximate surface area is 132 Å². The molecule has 0 aliphatic rings. The molecule has 3 heterocycles. The van der Waals surface area contributed by atoms with Crippen LogP contribution in [0.25, 0.3) is 11.2 Å². The highest BCUT2D eigenvalue weighted by Gasteiger charge is 2.20. The van der Waals surface area contributed by atoms with Gasteiger partial charge >= 0.3 is 0 Å². The molecule has 0 fully saturated rings. The van der Waals surface area contributed by atoms with Crippen molar-refractivity contribution in [3.8, 4) is 0 Å². The number of hydrogen-bond acceptors (Lipinski definition) is 4. The van der Waals surface area contributed by atoms with E-state index in [4.69, 9.17) is 12.2 Å². The number of imidazole rings is 1. The van der Waals surface area contributed by atoms with Gasteiger partial charge in [-0.05, 0) is 32.0 Å². The number of thiazole rings is 1. The molecule has 0 bridgehead atoms. The van der Waals surface area contributed by atoms with Crippen molar-refractivity contribution in [1.29, 1.82) is 0 Å². The van der Waals surface area contributed by atoms with E-state index in [-0.39, 0.29) is 6.04 Å². The lowest BCUT2D eigenvalue weighted by atomic mass is 10.3. The maximum atomic E-state index is 5.53. The average molecular weight is 321 g/mol. The molecule has 5 nitrogen and oxygen atoms in total. The van der Waals surface area contributed by atoms with E-state index < -0.39 is 0 Å². The van der Waals surface area contributed by atoms with Crippen LogP contribution in [-0.4, -0.2) is 24.3 Å². The van der Waals surface area contributed by atoms with Crippen molar-refractivity contribution in [1.82, 2.24) is 24.3 Å². The molecular weight excluding hydrogens is 302 g/mol. The summed E-state index contributed by atoms with van der Waals surface area (Å²) < 4.78 is 4.76. The van der Waals surface area contributed by atoms with Gasteiger partial charge in [-0.25, -0.2) is 4.98 Å². The van der Waals surface area contributed by atoms with Gasteiger partial charge in [-0.2, -0.15) is 5.10 Å². The van der Waals surface area contributed by atoms with Gasteiger partial charge in [0, 0.05) is 18.1 Å². The Kier molecular flexibility index (Phi) is 3.71. The minimum atomic E-state index is 0.108. The maximum Gasteiger partial charge on any atom is 0.179 e. The summed E-state index contributed by atoms with van der Waals surface area (Å²) in [5.41, 5.74) is 3.14. The molecule has 3 aromatic rings. The second kappa shape index (κ2) is 5.38. The first-order chi connectivity index (χ1) is 10.1. The standard InChI is InChI=1S/C14H19N5S2/c1-5-9-7-15-12(21-9)8(3)19-13-11(16-14(19)20)10(6-2)17-18(13)4/h7-8H,5-6H2,1-4H3,(H,16,20). The normalized spacial score (nSPS) is 13.1. The fourth-order valence-electron chi connectivity index (χ4n) is 2.63. The molecule has 1 unspecified atom stereocenters. The molecule has 3 rings (SSSR count). The van der Waals surface area contributed by atoms with Crippen molar-refractivity contribution >= 4 is 34.7 Å². The quantitative estimate of drug-likeness (QED) is 0.747. The van der Waals surface area contributed by atoms with E-state index in [2.05, 4.69) is 40.4 Å². The minimum Gasteiger partial charge on any atom is -0.328 e. The molecule has 1 N–H and O–H groups in total. The van der Waals surface area contributed by atoms with Gasteiger partial charge in [-0.1, -0.05) is 13.8 Å². The van der Waals surface area contributed by atoms with Gasteiger partial charge in [0.15, 0.2) is 10.4 Å². The monoisotopic (exact) mass is 321 g/mol. The van der Waals surface area contributed by atoms with E-state index in [0.717, 1.165) is 39.5 Å². The molecular formula is C14H19N5S2. The van der Waals surface area contributed by atoms with Crippen molar-refractivity contribution < 1.29 is 0 Å². The lowest BCUT2D eigenvalue weighted by molar-refractivity contribution is 0.616. The molecule has 0 amide bonds. The molecule has 0 radical (unpaired) electrons. The molecule has 0 aliphatic heterocycles. The summed E-state index contributed by atoms with van der Waals surface area (Å²) in [5, 5.41) is 5.65. The number of nitrogens with zero attached hydrogens (tertiary/aromatic N) is 4. The number of aromatic nitrogens is 5. The van der Waals surface area contributed by atoms with Crippen LogP contribution in [0.15, 0.2) is 6.20 Å². The second-order valence-corrected chi connectivity index (χ2v) is 6.65. The summed E-state index contributed by atoms with van der Waals surface area (Å²) in [7, 11) is 1.96. The van der Waals surface area contributed by atoms with Gasteiger partial charge in [-0.3, -0.25) is 9.25 Å². The third-order valence-corrected chi connectivity index (χ3v) is 5.38. The number of H-pyrrole nitrogens is 1. The SMILES string of the molecule is CCc1cnc(C(C)n2c(=S)[nH]c3c(CC)nn(C)c32)s1. The van der Waals surface area contributed by atoms with E-state index >= 15 is 0 Å². The number of hydrogen-bond donors (Lipinski definition) is 1. The van der Waals surface area contributed by atoms with Crippen LogP contribution in [0, 0.1) is 4.77 Å². The molecule has 112 valence electrons. The molecule has 0 spiro atoms. The van der Waals surface area contributed by atoms with Gasteiger partial charge in [0.05, 0.1) is 11.7 Å². The Morgan fingerprint density at radius 1 is 1.38 bits per heavy atom. The number of nitrogens with one attached hydrogen (secondary N) is 1. The van der Waals surface area contributed by atoms with E-state index in [1.165, 1.54) is 4.88 Å². The maximum absolute atomic E-state index is 5.53. The molecule has 0 saturated heterocycles. The number of fused-ring (bicyclic) bond motifs is 1. The third kappa shape index (κ3) is 2.24. The molecule has 0 saturated carbocycles. The molecule has 1 atom stereocenters. The summed E-state index contributed by atoms with van der Waals surface area (Å²) in [4.78, 5) is 9.17. The average Bonchev–Trinajstić information content (AvgIpc) is 3.14. The van der Waals surface area contributed by atoms with Crippen LogP contribution < -0.4 is 0 Å². The van der Waals surface area contributed by atoms with Crippen molar-refractivity contribution in [2.45, 2.75) is 39.7 Å². The number of aromatic amines is 1. The van der Waals surface area contributed by atoms with E-state index in [9.17, 15) is 0 Å². The zero-order chi connectivity index (χ0) is 15.1. The Morgan fingerprint density at radius 2 is 2.14 bits per heavy atom. The van der Waals surface area contributed by atoms with Crippen LogP contribution in [-0.2, 0) is 19.9 Å². The summed E-state index contributed by atoms with van der Waals surface area (Å²) in [6.07, 6.45) is 3.87.